The number of hydrogen-bond acceptors (Lipinski definition) is 6. The van der Waals surface area contributed by atoms with E-state index in [-0.39, 0.29) is 0 Å². The van der Waals surface area contributed by atoms with Gasteiger partial charge in [0.1, 0.15) is 11.4 Å². The molecule has 0 bridgehead atoms. The maximum Gasteiger partial charge on any atom is 0.407 e. The van der Waals surface area contributed by atoms with Gasteiger partial charge in [0.15, 0.2) is 5.69 Å². The highest BCUT2D eigenvalue weighted by Gasteiger charge is 2.31. The number of carbonyl (C=O) groups is 2. The molecule has 1 aliphatic carbocycles. The average Bonchev–Trinajstić information content (AvgIpc) is 3.18. The van der Waals surface area contributed by atoms with E-state index in [1.54, 1.807) is 11.8 Å². The summed E-state index contributed by atoms with van der Waals surface area (Å²) in [5.41, 5.74) is 3.62. The molecule has 2 aromatic rings. The van der Waals surface area contributed by atoms with Gasteiger partial charge in [-0.25, -0.2) is 9.59 Å². The highest BCUT2D eigenvalue weighted by Crippen LogP contribution is 2.39. The first kappa shape index (κ1) is 20.7. The van der Waals surface area contributed by atoms with E-state index >= 15 is 0 Å². The van der Waals surface area contributed by atoms with Crippen molar-refractivity contribution in [2.24, 2.45) is 0 Å². The van der Waals surface area contributed by atoms with Crippen molar-refractivity contribution in [2.45, 2.75) is 45.8 Å². The number of alkyl carbamates (subject to hydrolysis) is 1. The van der Waals surface area contributed by atoms with Crippen molar-refractivity contribution in [1.82, 2.24) is 15.1 Å². The summed E-state index contributed by atoms with van der Waals surface area (Å²) in [4.78, 5) is 24.2. The Morgan fingerprint density at radius 3 is 2.66 bits per heavy atom. The summed E-state index contributed by atoms with van der Waals surface area (Å²) >= 11 is 0. The van der Waals surface area contributed by atoms with Gasteiger partial charge in [0.25, 0.3) is 0 Å². The predicted octanol–water partition coefficient (Wildman–Crippen LogP) is 3.16. The van der Waals surface area contributed by atoms with Crippen LogP contribution in [0.5, 0.6) is 5.75 Å². The van der Waals surface area contributed by atoms with Crippen LogP contribution in [0.15, 0.2) is 18.2 Å². The van der Waals surface area contributed by atoms with Gasteiger partial charge in [-0.15, -0.1) is 0 Å². The molecule has 8 heteroatoms. The largest absolute Gasteiger partial charge is 0.497 e. The molecular weight excluding hydrogens is 374 g/mol. The first-order valence-electron chi connectivity index (χ1n) is 9.55. The van der Waals surface area contributed by atoms with Crippen LogP contribution in [0.3, 0.4) is 0 Å². The molecule has 1 aliphatic rings. The number of nitrogens with one attached hydrogen (secondary N) is 1. The summed E-state index contributed by atoms with van der Waals surface area (Å²) in [5.74, 6) is 0.325. The van der Waals surface area contributed by atoms with Crippen LogP contribution in [0.4, 0.5) is 4.79 Å². The van der Waals surface area contributed by atoms with Crippen LogP contribution in [0.2, 0.25) is 0 Å². The fourth-order valence-corrected chi connectivity index (χ4v) is 3.35. The van der Waals surface area contributed by atoms with E-state index in [0.717, 1.165) is 28.1 Å². The number of methoxy groups -OCH3 is 2. The van der Waals surface area contributed by atoms with Gasteiger partial charge in [0, 0.05) is 30.6 Å². The van der Waals surface area contributed by atoms with Crippen molar-refractivity contribution >= 4 is 12.1 Å². The zero-order valence-electron chi connectivity index (χ0n) is 17.5. The van der Waals surface area contributed by atoms with Crippen molar-refractivity contribution in [3.8, 4) is 17.0 Å². The Hall–Kier alpha value is -3.03. The second kappa shape index (κ2) is 8.14. The van der Waals surface area contributed by atoms with E-state index in [9.17, 15) is 9.59 Å². The highest BCUT2D eigenvalue weighted by atomic mass is 16.6. The van der Waals surface area contributed by atoms with E-state index in [0.29, 0.717) is 31.6 Å². The molecular formula is C21H27N3O5. The molecule has 3 rings (SSSR count). The maximum absolute atomic E-state index is 12.4. The van der Waals surface area contributed by atoms with Crippen LogP contribution in [0.25, 0.3) is 11.3 Å². The molecule has 1 amide bonds. The SMILES string of the molecule is COC(=O)c1c2c(nn1CCCNC(=O)OC(C)(C)C)-c1cc(OC)ccc1C2. The predicted molar refractivity (Wildman–Crippen MR) is 107 cm³/mol. The van der Waals surface area contributed by atoms with Crippen LogP contribution in [0.1, 0.15) is 48.8 Å². The van der Waals surface area contributed by atoms with Gasteiger partial charge in [0.05, 0.1) is 19.9 Å². The third-order valence-corrected chi connectivity index (χ3v) is 4.58. The fraction of sp³-hybridized carbons (Fsp3) is 0.476. The number of ether oxygens (including phenoxy) is 3. The molecule has 156 valence electrons. The van der Waals surface area contributed by atoms with Gasteiger partial charge in [-0.2, -0.15) is 5.10 Å². The molecule has 29 heavy (non-hydrogen) atoms. The van der Waals surface area contributed by atoms with Gasteiger partial charge >= 0.3 is 12.1 Å². The van der Waals surface area contributed by atoms with Crippen molar-refractivity contribution in [2.75, 3.05) is 20.8 Å². The fourth-order valence-electron chi connectivity index (χ4n) is 3.35. The van der Waals surface area contributed by atoms with E-state index in [1.165, 1.54) is 7.11 Å². The molecule has 0 unspecified atom stereocenters. The van der Waals surface area contributed by atoms with Crippen LogP contribution >= 0.6 is 0 Å². The Balaban J connectivity index is 1.75. The molecule has 1 aromatic heterocycles. The minimum Gasteiger partial charge on any atom is -0.497 e. The van der Waals surface area contributed by atoms with Crippen molar-refractivity contribution in [3.05, 3.63) is 35.0 Å². The van der Waals surface area contributed by atoms with Crippen LogP contribution in [0, 0.1) is 0 Å². The average molecular weight is 401 g/mol. The topological polar surface area (TPSA) is 91.7 Å². The second-order valence-electron chi connectivity index (χ2n) is 7.87. The number of hydrogen-bond donors (Lipinski definition) is 1. The van der Waals surface area contributed by atoms with Gasteiger partial charge in [-0.1, -0.05) is 6.07 Å². The molecule has 1 heterocycles. The van der Waals surface area contributed by atoms with E-state index < -0.39 is 17.7 Å². The lowest BCUT2D eigenvalue weighted by molar-refractivity contribution is 0.0522. The van der Waals surface area contributed by atoms with Gasteiger partial charge in [-0.3, -0.25) is 4.68 Å². The minimum absolute atomic E-state index is 0.407. The summed E-state index contributed by atoms with van der Waals surface area (Å²) in [6, 6.07) is 5.83. The zero-order valence-corrected chi connectivity index (χ0v) is 17.5. The number of esters is 1. The summed E-state index contributed by atoms with van der Waals surface area (Å²) < 4.78 is 17.2. The molecule has 0 spiro atoms. The molecule has 1 aromatic carbocycles. The Kier molecular flexibility index (Phi) is 5.81. The first-order chi connectivity index (χ1) is 13.7. The monoisotopic (exact) mass is 401 g/mol. The van der Waals surface area contributed by atoms with Gasteiger partial charge < -0.3 is 19.5 Å². The molecule has 0 saturated heterocycles. The Bertz CT molecular complexity index is 927. The van der Waals surface area contributed by atoms with E-state index in [1.807, 2.05) is 39.0 Å². The summed E-state index contributed by atoms with van der Waals surface area (Å²) in [6.07, 6.45) is 0.749. The smallest absolute Gasteiger partial charge is 0.407 e. The quantitative estimate of drug-likeness (QED) is 0.504. The first-order valence-corrected chi connectivity index (χ1v) is 9.55. The normalized spacial score (nSPS) is 12.2. The number of nitrogens with zero attached hydrogens (tertiary/aromatic N) is 2. The summed E-state index contributed by atoms with van der Waals surface area (Å²) in [6.45, 7) is 6.31. The molecule has 0 radical (unpaired) electrons. The van der Waals surface area contributed by atoms with Gasteiger partial charge in [-0.05, 0) is 44.9 Å². The molecule has 0 aliphatic heterocycles. The number of aryl methyl sites for hydroxylation is 1. The molecule has 0 fully saturated rings. The summed E-state index contributed by atoms with van der Waals surface area (Å²) in [5, 5.41) is 7.39. The third-order valence-electron chi connectivity index (χ3n) is 4.58. The lowest BCUT2D eigenvalue weighted by atomic mass is 10.1. The number of aromatic nitrogens is 2. The Morgan fingerprint density at radius 1 is 1.24 bits per heavy atom. The van der Waals surface area contributed by atoms with Gasteiger partial charge in [0.2, 0.25) is 0 Å². The Labute approximate surface area is 170 Å². The second-order valence-corrected chi connectivity index (χ2v) is 7.87. The van der Waals surface area contributed by atoms with Crippen LogP contribution in [-0.4, -0.2) is 48.2 Å². The van der Waals surface area contributed by atoms with E-state index in [2.05, 4.69) is 10.4 Å². The van der Waals surface area contributed by atoms with Crippen molar-refractivity contribution in [3.63, 3.8) is 0 Å². The van der Waals surface area contributed by atoms with Crippen molar-refractivity contribution < 1.29 is 23.8 Å². The minimum atomic E-state index is -0.542. The lowest BCUT2D eigenvalue weighted by Gasteiger charge is -2.19. The lowest BCUT2D eigenvalue weighted by Crippen LogP contribution is -2.33. The van der Waals surface area contributed by atoms with E-state index in [4.69, 9.17) is 14.2 Å². The molecule has 1 N–H and O–H groups in total. The highest BCUT2D eigenvalue weighted by molar-refractivity contribution is 5.93. The number of rotatable bonds is 6. The molecule has 0 atom stereocenters. The zero-order chi connectivity index (χ0) is 21.2. The Morgan fingerprint density at radius 2 is 2.00 bits per heavy atom. The number of amides is 1. The standard InChI is InChI=1S/C21H27N3O5/c1-21(2,3)29-20(26)22-9-6-10-24-18(19(25)28-5)16-11-13-7-8-14(27-4)12-15(13)17(16)23-24/h7-8,12H,6,9-11H2,1-5H3,(H,22,26). The number of benzene rings is 1. The third kappa shape index (κ3) is 4.52. The summed E-state index contributed by atoms with van der Waals surface area (Å²) in [7, 11) is 2.98. The molecule has 0 saturated carbocycles. The van der Waals surface area contributed by atoms with Crippen molar-refractivity contribution in [1.29, 1.82) is 0 Å². The number of fused-ring (bicyclic) bond motifs is 3. The van der Waals surface area contributed by atoms with Crippen LogP contribution < -0.4 is 10.1 Å². The maximum atomic E-state index is 12.4. The van der Waals surface area contributed by atoms with Crippen LogP contribution in [-0.2, 0) is 22.4 Å². The number of carbonyl (C=O) groups excluding carboxylic acids is 2. The molecule has 8 nitrogen and oxygen atoms in total.